The average Bonchev–Trinajstić information content (AvgIpc) is 2.77. The van der Waals surface area contributed by atoms with E-state index in [1.54, 1.807) is 35.2 Å². The minimum absolute atomic E-state index is 0.0342. The van der Waals surface area contributed by atoms with Crippen molar-refractivity contribution >= 4 is 17.6 Å². The van der Waals surface area contributed by atoms with Gasteiger partial charge < -0.3 is 14.4 Å². The van der Waals surface area contributed by atoms with Crippen molar-refractivity contribution in [3.63, 3.8) is 0 Å². The quantitative estimate of drug-likeness (QED) is 0.403. The number of carbonyl (C=O) groups excluding carboxylic acids is 2. The molecule has 2 aromatic carbocycles. The molecular weight excluding hydrogens is 376 g/mol. The van der Waals surface area contributed by atoms with Crippen LogP contribution >= 0.6 is 0 Å². The molecular formula is C21H22N2O6. The number of rotatable bonds is 7. The lowest BCUT2D eigenvalue weighted by atomic mass is 10.1. The van der Waals surface area contributed by atoms with E-state index in [-0.39, 0.29) is 17.3 Å². The lowest BCUT2D eigenvalue weighted by Gasteiger charge is -2.30. The van der Waals surface area contributed by atoms with E-state index in [0.29, 0.717) is 18.7 Å². The Hall–Kier alpha value is -3.42. The van der Waals surface area contributed by atoms with Crippen molar-refractivity contribution in [3.05, 3.63) is 70.3 Å². The number of likely N-dealkylation sites (tertiary alicyclic amines) is 1. The molecule has 8 heteroatoms. The highest BCUT2D eigenvalue weighted by Crippen LogP contribution is 2.26. The molecule has 2 aromatic rings. The molecule has 3 rings (SSSR count). The molecule has 0 aliphatic carbocycles. The molecule has 1 amide bonds. The van der Waals surface area contributed by atoms with Crippen molar-refractivity contribution in [2.75, 3.05) is 19.7 Å². The van der Waals surface area contributed by atoms with Gasteiger partial charge in [0.2, 0.25) is 6.10 Å². The number of amides is 1. The SMILES string of the molecule is O=C(COc1ccccc1[N+](=O)[O-])O[C@@H](C(=O)N1CCCCC1)c1ccccc1. The highest BCUT2D eigenvalue weighted by molar-refractivity contribution is 5.85. The monoisotopic (exact) mass is 398 g/mol. The summed E-state index contributed by atoms with van der Waals surface area (Å²) in [5.74, 6) is -1.08. The van der Waals surface area contributed by atoms with Crippen LogP contribution in [0.1, 0.15) is 30.9 Å². The van der Waals surface area contributed by atoms with Gasteiger partial charge in [0.15, 0.2) is 12.4 Å². The summed E-state index contributed by atoms with van der Waals surface area (Å²) in [5.41, 5.74) is 0.325. The topological polar surface area (TPSA) is 99.0 Å². The van der Waals surface area contributed by atoms with E-state index in [1.165, 1.54) is 18.2 Å². The first-order chi connectivity index (χ1) is 14.1. The molecule has 0 unspecified atom stereocenters. The first-order valence-corrected chi connectivity index (χ1v) is 9.45. The van der Waals surface area contributed by atoms with E-state index in [0.717, 1.165) is 19.3 Å². The maximum atomic E-state index is 13.0. The largest absolute Gasteiger partial charge is 0.475 e. The summed E-state index contributed by atoms with van der Waals surface area (Å²) < 4.78 is 10.7. The fourth-order valence-corrected chi connectivity index (χ4v) is 3.20. The molecule has 0 saturated carbocycles. The molecule has 1 saturated heterocycles. The van der Waals surface area contributed by atoms with Crippen LogP contribution in [-0.2, 0) is 14.3 Å². The van der Waals surface area contributed by atoms with E-state index >= 15 is 0 Å². The van der Waals surface area contributed by atoms with Crippen LogP contribution in [0.5, 0.6) is 5.75 Å². The van der Waals surface area contributed by atoms with Crippen LogP contribution in [0.4, 0.5) is 5.69 Å². The van der Waals surface area contributed by atoms with Gasteiger partial charge in [-0.2, -0.15) is 0 Å². The van der Waals surface area contributed by atoms with Crippen molar-refractivity contribution in [2.45, 2.75) is 25.4 Å². The highest BCUT2D eigenvalue weighted by atomic mass is 16.6. The summed E-state index contributed by atoms with van der Waals surface area (Å²) in [6.45, 7) is 0.723. The zero-order valence-corrected chi connectivity index (χ0v) is 15.9. The Kier molecular flexibility index (Phi) is 6.78. The van der Waals surface area contributed by atoms with Gasteiger partial charge in [0.05, 0.1) is 4.92 Å². The second-order valence-corrected chi connectivity index (χ2v) is 6.68. The second kappa shape index (κ2) is 9.68. The minimum atomic E-state index is -1.07. The summed E-state index contributed by atoms with van der Waals surface area (Å²) in [4.78, 5) is 37.5. The molecule has 0 aromatic heterocycles. The number of hydrogen-bond donors (Lipinski definition) is 0. The van der Waals surface area contributed by atoms with Crippen LogP contribution < -0.4 is 4.74 Å². The van der Waals surface area contributed by atoms with Crippen molar-refractivity contribution in [1.82, 2.24) is 4.90 Å². The summed E-state index contributed by atoms with van der Waals surface area (Å²) in [5, 5.41) is 11.1. The van der Waals surface area contributed by atoms with E-state index < -0.39 is 23.6 Å². The standard InChI is InChI=1S/C21H22N2O6/c24-19(15-28-18-12-6-5-11-17(18)23(26)27)29-20(16-9-3-1-4-10-16)21(25)22-13-7-2-8-14-22/h1,3-6,9-12,20H,2,7-8,13-15H2/t20-/m1/s1. The van der Waals surface area contributed by atoms with Crippen LogP contribution in [0.2, 0.25) is 0 Å². The Labute approximate surface area is 168 Å². The average molecular weight is 398 g/mol. The van der Waals surface area contributed by atoms with Gasteiger partial charge in [-0.25, -0.2) is 4.79 Å². The summed E-state index contributed by atoms with van der Waals surface area (Å²) in [6.07, 6.45) is 1.84. The Bertz CT molecular complexity index is 864. The molecule has 1 heterocycles. The number of piperidine rings is 1. The number of nitro groups is 1. The molecule has 1 aliphatic heterocycles. The molecule has 29 heavy (non-hydrogen) atoms. The third kappa shape index (κ3) is 5.31. The number of esters is 1. The third-order valence-electron chi connectivity index (χ3n) is 4.65. The van der Waals surface area contributed by atoms with Crippen molar-refractivity contribution in [2.24, 2.45) is 0 Å². The molecule has 8 nitrogen and oxygen atoms in total. The van der Waals surface area contributed by atoms with Gasteiger partial charge in [-0.05, 0) is 25.3 Å². The molecule has 0 radical (unpaired) electrons. The first kappa shape index (κ1) is 20.3. The third-order valence-corrected chi connectivity index (χ3v) is 4.65. The van der Waals surface area contributed by atoms with E-state index in [1.807, 2.05) is 6.07 Å². The predicted molar refractivity (Wildman–Crippen MR) is 104 cm³/mol. The molecule has 1 fully saturated rings. The van der Waals surface area contributed by atoms with Gasteiger partial charge in [0.1, 0.15) is 0 Å². The molecule has 0 N–H and O–H groups in total. The van der Waals surface area contributed by atoms with Gasteiger partial charge in [-0.1, -0.05) is 42.5 Å². The zero-order valence-electron chi connectivity index (χ0n) is 15.9. The highest BCUT2D eigenvalue weighted by Gasteiger charge is 2.30. The Morgan fingerprint density at radius 1 is 1.00 bits per heavy atom. The Morgan fingerprint density at radius 3 is 2.34 bits per heavy atom. The maximum Gasteiger partial charge on any atom is 0.345 e. The molecule has 0 spiro atoms. The van der Waals surface area contributed by atoms with Gasteiger partial charge in [0.25, 0.3) is 5.91 Å². The van der Waals surface area contributed by atoms with Crippen molar-refractivity contribution in [3.8, 4) is 5.75 Å². The lowest BCUT2D eigenvalue weighted by Crippen LogP contribution is -2.40. The van der Waals surface area contributed by atoms with Gasteiger partial charge >= 0.3 is 11.7 Å². The van der Waals surface area contributed by atoms with E-state index in [9.17, 15) is 19.7 Å². The fourth-order valence-electron chi connectivity index (χ4n) is 3.20. The van der Waals surface area contributed by atoms with Crippen molar-refractivity contribution < 1.29 is 24.0 Å². The Balaban J connectivity index is 1.70. The van der Waals surface area contributed by atoms with Gasteiger partial charge in [0, 0.05) is 24.7 Å². The Morgan fingerprint density at radius 2 is 1.66 bits per heavy atom. The number of nitro benzene ring substituents is 1. The van der Waals surface area contributed by atoms with Crippen molar-refractivity contribution in [1.29, 1.82) is 0 Å². The molecule has 0 bridgehead atoms. The number of benzene rings is 2. The molecule has 152 valence electrons. The van der Waals surface area contributed by atoms with Gasteiger partial charge in [-0.15, -0.1) is 0 Å². The fraction of sp³-hybridized carbons (Fsp3) is 0.333. The smallest absolute Gasteiger partial charge is 0.345 e. The van der Waals surface area contributed by atoms with Crippen LogP contribution in [0.25, 0.3) is 0 Å². The van der Waals surface area contributed by atoms with E-state index in [2.05, 4.69) is 0 Å². The van der Waals surface area contributed by atoms with Gasteiger partial charge in [-0.3, -0.25) is 14.9 Å². The van der Waals surface area contributed by atoms with Crippen LogP contribution in [0.15, 0.2) is 54.6 Å². The first-order valence-electron chi connectivity index (χ1n) is 9.45. The number of ether oxygens (including phenoxy) is 2. The normalized spacial score (nSPS) is 14.7. The second-order valence-electron chi connectivity index (χ2n) is 6.68. The predicted octanol–water partition coefficient (Wildman–Crippen LogP) is 3.27. The van der Waals surface area contributed by atoms with Crippen LogP contribution in [-0.4, -0.2) is 41.4 Å². The number of carbonyl (C=O) groups is 2. The van der Waals surface area contributed by atoms with E-state index in [4.69, 9.17) is 9.47 Å². The number of nitrogens with zero attached hydrogens (tertiary/aromatic N) is 2. The summed E-state index contributed by atoms with van der Waals surface area (Å²) in [6, 6.07) is 14.6. The number of hydrogen-bond acceptors (Lipinski definition) is 6. The summed E-state index contributed by atoms with van der Waals surface area (Å²) in [7, 11) is 0. The molecule has 1 aliphatic rings. The van der Waals surface area contributed by atoms with Crippen LogP contribution in [0, 0.1) is 10.1 Å². The van der Waals surface area contributed by atoms with Crippen LogP contribution in [0.3, 0.4) is 0 Å². The number of para-hydroxylation sites is 2. The lowest BCUT2D eigenvalue weighted by molar-refractivity contribution is -0.385. The maximum absolute atomic E-state index is 13.0. The zero-order chi connectivity index (χ0) is 20.6. The molecule has 1 atom stereocenters. The minimum Gasteiger partial charge on any atom is -0.475 e. The summed E-state index contributed by atoms with van der Waals surface area (Å²) >= 11 is 0.